The van der Waals surface area contributed by atoms with Crippen molar-refractivity contribution in [2.24, 2.45) is 5.73 Å². The van der Waals surface area contributed by atoms with Gasteiger partial charge in [0.2, 0.25) is 0 Å². The Bertz CT molecular complexity index is 205. The van der Waals surface area contributed by atoms with Crippen LogP contribution in [0.1, 0.15) is 5.56 Å². The predicted molar refractivity (Wildman–Crippen MR) is 47.1 cm³/mol. The van der Waals surface area contributed by atoms with Gasteiger partial charge in [-0.15, -0.1) is 12.4 Å². The van der Waals surface area contributed by atoms with E-state index in [1.807, 2.05) is 12.1 Å². The van der Waals surface area contributed by atoms with Gasteiger partial charge in [-0.1, -0.05) is 0 Å². The number of halogens is 2. The fourth-order valence-corrected chi connectivity index (χ4v) is 0.982. The van der Waals surface area contributed by atoms with Crippen LogP contribution in [0.25, 0.3) is 0 Å². The topological polar surface area (TPSA) is 38.9 Å². The van der Waals surface area contributed by atoms with Gasteiger partial charge in [0.05, 0.1) is 0 Å². The lowest BCUT2D eigenvalue weighted by molar-refractivity contribution is 1.05. The van der Waals surface area contributed by atoms with Gasteiger partial charge in [0.25, 0.3) is 0 Å². The van der Waals surface area contributed by atoms with Gasteiger partial charge in [-0.2, -0.15) is 0 Å². The molecule has 0 bridgehead atoms. The second kappa shape index (κ2) is 4.66. The number of hydrogen-bond acceptors (Lipinski definition) is 2. The summed E-state index contributed by atoms with van der Waals surface area (Å²) in [5.41, 5.74) is 6.46. The molecule has 56 valence electrons. The summed E-state index contributed by atoms with van der Waals surface area (Å²) in [5.74, 6) is 0. The minimum Gasteiger partial charge on any atom is -0.326 e. The third-order valence-corrected chi connectivity index (χ3v) is 1.46. The molecule has 4 heteroatoms. The zero-order valence-electron chi connectivity index (χ0n) is 5.25. The molecule has 0 atom stereocenters. The normalized spacial score (nSPS) is 8.60. The Morgan fingerprint density at radius 3 is 2.70 bits per heavy atom. The Hall–Kier alpha value is -0.120. The van der Waals surface area contributed by atoms with E-state index in [4.69, 9.17) is 5.73 Å². The van der Waals surface area contributed by atoms with E-state index in [0.717, 1.165) is 10.2 Å². The molecule has 2 nitrogen and oxygen atoms in total. The largest absolute Gasteiger partial charge is 0.326 e. The Morgan fingerprint density at radius 1 is 1.60 bits per heavy atom. The molecule has 0 saturated carbocycles. The third-order valence-electron chi connectivity index (χ3n) is 1.03. The molecule has 1 heterocycles. The SMILES string of the molecule is Cl.NCc1ccnc(Br)c1. The second-order valence-corrected chi connectivity index (χ2v) is 2.50. The van der Waals surface area contributed by atoms with Gasteiger partial charge in [-0.05, 0) is 33.6 Å². The van der Waals surface area contributed by atoms with E-state index in [1.165, 1.54) is 0 Å². The summed E-state index contributed by atoms with van der Waals surface area (Å²) < 4.78 is 0.838. The zero-order chi connectivity index (χ0) is 6.69. The van der Waals surface area contributed by atoms with Crippen LogP contribution in [0.4, 0.5) is 0 Å². The number of aromatic nitrogens is 1. The minimum absolute atomic E-state index is 0. The highest BCUT2D eigenvalue weighted by Gasteiger charge is 1.88. The molecule has 0 saturated heterocycles. The summed E-state index contributed by atoms with van der Waals surface area (Å²) in [7, 11) is 0. The third kappa shape index (κ3) is 2.64. The highest BCUT2D eigenvalue weighted by Crippen LogP contribution is 2.06. The average Bonchev–Trinajstić information content (AvgIpc) is 1.88. The molecule has 1 aromatic heterocycles. The van der Waals surface area contributed by atoms with Crippen molar-refractivity contribution in [1.29, 1.82) is 0 Å². The van der Waals surface area contributed by atoms with Gasteiger partial charge in [0.15, 0.2) is 0 Å². The van der Waals surface area contributed by atoms with Crippen LogP contribution in [0, 0.1) is 0 Å². The summed E-state index contributed by atoms with van der Waals surface area (Å²) in [4.78, 5) is 3.95. The molecule has 0 aliphatic carbocycles. The van der Waals surface area contributed by atoms with Crippen molar-refractivity contribution in [2.75, 3.05) is 0 Å². The molecule has 0 radical (unpaired) electrons. The van der Waals surface area contributed by atoms with E-state index in [2.05, 4.69) is 20.9 Å². The first kappa shape index (κ1) is 9.88. The van der Waals surface area contributed by atoms with Crippen molar-refractivity contribution in [1.82, 2.24) is 4.98 Å². The van der Waals surface area contributed by atoms with Crippen LogP contribution in [0.5, 0.6) is 0 Å². The van der Waals surface area contributed by atoms with E-state index >= 15 is 0 Å². The maximum atomic E-state index is 5.37. The second-order valence-electron chi connectivity index (χ2n) is 1.69. The van der Waals surface area contributed by atoms with Crippen LogP contribution in [-0.4, -0.2) is 4.98 Å². The lowest BCUT2D eigenvalue weighted by Crippen LogP contribution is -1.95. The summed E-state index contributed by atoms with van der Waals surface area (Å²) in [6, 6.07) is 3.80. The van der Waals surface area contributed by atoms with Gasteiger partial charge in [0, 0.05) is 12.7 Å². The highest BCUT2D eigenvalue weighted by molar-refractivity contribution is 9.10. The molecule has 10 heavy (non-hydrogen) atoms. The van der Waals surface area contributed by atoms with Gasteiger partial charge >= 0.3 is 0 Å². The van der Waals surface area contributed by atoms with Crippen molar-refractivity contribution in [2.45, 2.75) is 6.54 Å². The average molecular weight is 224 g/mol. The maximum Gasteiger partial charge on any atom is 0.106 e. The Labute approximate surface area is 74.4 Å². The number of rotatable bonds is 1. The van der Waals surface area contributed by atoms with Crippen molar-refractivity contribution in [3.05, 3.63) is 28.5 Å². The fraction of sp³-hybridized carbons (Fsp3) is 0.167. The molecular weight excluding hydrogens is 215 g/mol. The van der Waals surface area contributed by atoms with Gasteiger partial charge in [0.1, 0.15) is 4.60 Å². The zero-order valence-corrected chi connectivity index (χ0v) is 7.65. The van der Waals surface area contributed by atoms with E-state index in [1.54, 1.807) is 6.20 Å². The summed E-state index contributed by atoms with van der Waals surface area (Å²) in [6.07, 6.45) is 1.73. The van der Waals surface area contributed by atoms with Crippen molar-refractivity contribution in [3.8, 4) is 0 Å². The fourth-order valence-electron chi connectivity index (χ4n) is 0.570. The van der Waals surface area contributed by atoms with Crippen molar-refractivity contribution >= 4 is 28.3 Å². The Morgan fingerprint density at radius 2 is 2.30 bits per heavy atom. The Balaban J connectivity index is 0.000000810. The van der Waals surface area contributed by atoms with Crippen LogP contribution in [-0.2, 0) is 6.54 Å². The van der Waals surface area contributed by atoms with Gasteiger partial charge < -0.3 is 5.73 Å². The quantitative estimate of drug-likeness (QED) is 0.737. The predicted octanol–water partition coefficient (Wildman–Crippen LogP) is 1.72. The van der Waals surface area contributed by atoms with Gasteiger partial charge in [-0.25, -0.2) is 4.98 Å². The van der Waals surface area contributed by atoms with Crippen LogP contribution in [0.15, 0.2) is 22.9 Å². The monoisotopic (exact) mass is 222 g/mol. The van der Waals surface area contributed by atoms with Crippen molar-refractivity contribution in [3.63, 3.8) is 0 Å². The molecule has 1 aromatic rings. The molecule has 1 rings (SSSR count). The highest BCUT2D eigenvalue weighted by atomic mass is 79.9. The van der Waals surface area contributed by atoms with Crippen LogP contribution in [0.2, 0.25) is 0 Å². The molecule has 0 spiro atoms. The summed E-state index contributed by atoms with van der Waals surface area (Å²) >= 11 is 3.24. The Kier molecular flexibility index (Phi) is 4.60. The first-order valence-electron chi connectivity index (χ1n) is 2.63. The molecule has 0 fully saturated rings. The number of nitrogens with two attached hydrogens (primary N) is 1. The minimum atomic E-state index is 0. The van der Waals surface area contributed by atoms with Crippen LogP contribution >= 0.6 is 28.3 Å². The lowest BCUT2D eigenvalue weighted by atomic mass is 10.3. The molecule has 0 aromatic carbocycles. The van der Waals surface area contributed by atoms with E-state index in [9.17, 15) is 0 Å². The standard InChI is InChI=1S/C6H7BrN2.ClH/c7-6-3-5(4-8)1-2-9-6;/h1-3H,4,8H2;1H. The van der Waals surface area contributed by atoms with Crippen LogP contribution < -0.4 is 5.73 Å². The first-order chi connectivity index (χ1) is 4.33. The molecule has 0 aliphatic rings. The molecule has 0 aliphatic heterocycles. The van der Waals surface area contributed by atoms with E-state index in [0.29, 0.717) is 6.54 Å². The van der Waals surface area contributed by atoms with Crippen molar-refractivity contribution < 1.29 is 0 Å². The smallest absolute Gasteiger partial charge is 0.106 e. The molecule has 2 N–H and O–H groups in total. The number of nitrogens with zero attached hydrogens (tertiary/aromatic N) is 1. The van der Waals surface area contributed by atoms with E-state index in [-0.39, 0.29) is 12.4 Å². The summed E-state index contributed by atoms with van der Waals surface area (Å²) in [6.45, 7) is 0.571. The lowest BCUT2D eigenvalue weighted by Gasteiger charge is -1.93. The van der Waals surface area contributed by atoms with Gasteiger partial charge in [-0.3, -0.25) is 0 Å². The summed E-state index contributed by atoms with van der Waals surface area (Å²) in [5, 5.41) is 0. The van der Waals surface area contributed by atoms with E-state index < -0.39 is 0 Å². The molecular formula is C6H8BrClN2. The molecule has 0 amide bonds. The first-order valence-corrected chi connectivity index (χ1v) is 3.42. The van der Waals surface area contributed by atoms with Crippen LogP contribution in [0.3, 0.4) is 0 Å². The molecule has 0 unspecified atom stereocenters. The number of pyridine rings is 1. The number of hydrogen-bond donors (Lipinski definition) is 1. The maximum absolute atomic E-state index is 5.37.